The van der Waals surface area contributed by atoms with E-state index in [0.717, 1.165) is 21.6 Å². The Labute approximate surface area is 167 Å². The van der Waals surface area contributed by atoms with Crippen LogP contribution in [0.5, 0.6) is 0 Å². The Morgan fingerprint density at radius 2 is 2.00 bits per heavy atom. The molecule has 1 amide bonds. The minimum absolute atomic E-state index is 0.0642. The van der Waals surface area contributed by atoms with Crippen LogP contribution in [0.25, 0.3) is 11.4 Å². The number of hydrogen-bond acceptors (Lipinski definition) is 4. The Bertz CT molecular complexity index is 1130. The maximum atomic E-state index is 13.6. The van der Waals surface area contributed by atoms with Gasteiger partial charge in [-0.15, -0.1) is 5.10 Å². The van der Waals surface area contributed by atoms with E-state index in [2.05, 4.69) is 15.5 Å². The van der Waals surface area contributed by atoms with Crippen LogP contribution in [0.15, 0.2) is 35.4 Å². The fraction of sp³-hybridized carbons (Fsp3) is 0.333. The number of alkyl halides is 3. The summed E-state index contributed by atoms with van der Waals surface area (Å²) < 4.78 is 53.7. The van der Waals surface area contributed by atoms with Gasteiger partial charge in [-0.25, -0.2) is 13.9 Å². The van der Waals surface area contributed by atoms with Crippen LogP contribution in [0.2, 0.25) is 0 Å². The predicted octanol–water partition coefficient (Wildman–Crippen LogP) is 1.77. The lowest BCUT2D eigenvalue weighted by Gasteiger charge is -2.06. The summed E-state index contributed by atoms with van der Waals surface area (Å²) in [5, 5.41) is 10.2. The molecule has 0 aliphatic rings. The highest BCUT2D eigenvalue weighted by Gasteiger charge is 2.28. The van der Waals surface area contributed by atoms with E-state index in [9.17, 15) is 27.2 Å². The Balaban J connectivity index is 1.69. The van der Waals surface area contributed by atoms with E-state index in [-0.39, 0.29) is 17.9 Å². The van der Waals surface area contributed by atoms with Gasteiger partial charge in [-0.05, 0) is 24.1 Å². The van der Waals surface area contributed by atoms with Gasteiger partial charge in [-0.3, -0.25) is 14.0 Å². The quantitative estimate of drug-likeness (QED) is 0.609. The third kappa shape index (κ3) is 4.93. The van der Waals surface area contributed by atoms with Gasteiger partial charge in [0.05, 0.1) is 11.8 Å². The average Bonchev–Trinajstić information content (AvgIpc) is 3.21. The number of benzene rings is 1. The number of rotatable bonds is 6. The molecule has 0 fully saturated rings. The molecule has 2 aromatic heterocycles. The van der Waals surface area contributed by atoms with Crippen LogP contribution in [0.1, 0.15) is 11.1 Å². The van der Waals surface area contributed by atoms with E-state index in [4.69, 9.17) is 0 Å². The van der Waals surface area contributed by atoms with Crippen LogP contribution in [-0.2, 0) is 31.5 Å². The number of nitrogens with zero attached hydrogens (tertiary/aromatic N) is 5. The van der Waals surface area contributed by atoms with Gasteiger partial charge >= 0.3 is 11.9 Å². The maximum Gasteiger partial charge on any atom is 0.408 e. The first kappa shape index (κ1) is 21.3. The highest BCUT2D eigenvalue weighted by molar-refractivity contribution is 5.75. The van der Waals surface area contributed by atoms with E-state index in [0.29, 0.717) is 15.8 Å². The minimum atomic E-state index is -4.44. The number of halogens is 4. The van der Waals surface area contributed by atoms with Gasteiger partial charge in [-0.1, -0.05) is 12.1 Å². The molecule has 30 heavy (non-hydrogen) atoms. The van der Waals surface area contributed by atoms with E-state index < -0.39 is 36.7 Å². The SMILES string of the molecule is Cc1ccc(CNC(=O)Cn2nc(-c3cnn(CC(F)(F)F)c3)n(C)c2=O)cc1F. The Hall–Kier alpha value is -3.44. The van der Waals surface area contributed by atoms with Crippen molar-refractivity contribution in [2.24, 2.45) is 7.05 Å². The largest absolute Gasteiger partial charge is 0.408 e. The topological polar surface area (TPSA) is 86.7 Å². The van der Waals surface area contributed by atoms with Crippen LogP contribution in [0.4, 0.5) is 17.6 Å². The summed E-state index contributed by atoms with van der Waals surface area (Å²) in [6, 6.07) is 4.56. The third-order valence-electron chi connectivity index (χ3n) is 4.29. The summed E-state index contributed by atoms with van der Waals surface area (Å²) in [6.45, 7) is 0.00562. The second kappa shape index (κ2) is 8.13. The lowest BCUT2D eigenvalue weighted by atomic mass is 10.1. The zero-order valence-corrected chi connectivity index (χ0v) is 16.1. The molecule has 0 aliphatic heterocycles. The normalized spacial score (nSPS) is 11.7. The van der Waals surface area contributed by atoms with Gasteiger partial charge < -0.3 is 5.32 Å². The van der Waals surface area contributed by atoms with Crippen molar-refractivity contribution in [1.29, 1.82) is 0 Å². The molecular weight excluding hydrogens is 408 g/mol. The summed E-state index contributed by atoms with van der Waals surface area (Å²) >= 11 is 0. The number of aryl methyl sites for hydroxylation is 1. The fourth-order valence-corrected chi connectivity index (χ4v) is 2.73. The van der Waals surface area contributed by atoms with Gasteiger partial charge in [0.25, 0.3) is 0 Å². The average molecular weight is 426 g/mol. The second-order valence-corrected chi connectivity index (χ2v) is 6.72. The fourth-order valence-electron chi connectivity index (χ4n) is 2.73. The van der Waals surface area contributed by atoms with E-state index in [1.807, 2.05) is 0 Å². The standard InChI is InChI=1S/C18H18F4N6O2/c1-11-3-4-12(5-14(11)19)6-23-15(29)9-28-17(30)26(2)16(25-28)13-7-24-27(8-13)10-18(20,21)22/h3-5,7-8H,6,9-10H2,1-2H3,(H,23,29). The molecule has 1 aromatic carbocycles. The van der Waals surface area contributed by atoms with Crippen molar-refractivity contribution < 1.29 is 22.4 Å². The predicted molar refractivity (Wildman–Crippen MR) is 97.7 cm³/mol. The Morgan fingerprint density at radius 3 is 2.67 bits per heavy atom. The van der Waals surface area contributed by atoms with Gasteiger partial charge in [0, 0.05) is 19.8 Å². The molecule has 0 saturated carbocycles. The first-order valence-electron chi connectivity index (χ1n) is 8.78. The van der Waals surface area contributed by atoms with Crippen LogP contribution >= 0.6 is 0 Å². The molecule has 0 saturated heterocycles. The monoisotopic (exact) mass is 426 g/mol. The van der Waals surface area contributed by atoms with E-state index in [1.165, 1.54) is 13.1 Å². The second-order valence-electron chi connectivity index (χ2n) is 6.72. The smallest absolute Gasteiger partial charge is 0.350 e. The number of carbonyl (C=O) groups excluding carboxylic acids is 1. The lowest BCUT2D eigenvalue weighted by molar-refractivity contribution is -0.142. The molecule has 0 radical (unpaired) electrons. The molecule has 160 valence electrons. The molecule has 8 nitrogen and oxygen atoms in total. The molecule has 0 spiro atoms. The van der Waals surface area contributed by atoms with Crippen LogP contribution in [-0.4, -0.2) is 36.2 Å². The van der Waals surface area contributed by atoms with Crippen LogP contribution in [0.3, 0.4) is 0 Å². The number of hydrogen-bond donors (Lipinski definition) is 1. The third-order valence-corrected chi connectivity index (χ3v) is 4.29. The van der Waals surface area contributed by atoms with Crippen LogP contribution in [0, 0.1) is 12.7 Å². The summed E-state index contributed by atoms with van der Waals surface area (Å²) in [6.07, 6.45) is -2.16. The van der Waals surface area contributed by atoms with Crippen molar-refractivity contribution in [2.45, 2.75) is 32.7 Å². The van der Waals surface area contributed by atoms with E-state index >= 15 is 0 Å². The van der Waals surface area contributed by atoms with Crippen molar-refractivity contribution in [3.05, 3.63) is 58.0 Å². The number of carbonyl (C=O) groups is 1. The number of nitrogens with one attached hydrogen (secondary N) is 1. The van der Waals surface area contributed by atoms with Crippen molar-refractivity contribution in [1.82, 2.24) is 29.4 Å². The highest BCUT2D eigenvalue weighted by atomic mass is 19.4. The molecule has 1 N–H and O–H groups in total. The first-order chi connectivity index (χ1) is 14.0. The molecule has 0 atom stereocenters. The molecular formula is C18H18F4N6O2. The summed E-state index contributed by atoms with van der Waals surface area (Å²) in [4.78, 5) is 24.5. The summed E-state index contributed by atoms with van der Waals surface area (Å²) in [5.74, 6) is -0.851. The molecule has 12 heteroatoms. The molecule has 3 aromatic rings. The van der Waals surface area contributed by atoms with Crippen molar-refractivity contribution in [3.8, 4) is 11.4 Å². The van der Waals surface area contributed by atoms with Gasteiger partial charge in [-0.2, -0.15) is 18.3 Å². The first-order valence-corrected chi connectivity index (χ1v) is 8.78. The van der Waals surface area contributed by atoms with Crippen molar-refractivity contribution in [3.63, 3.8) is 0 Å². The molecule has 0 unspecified atom stereocenters. The van der Waals surface area contributed by atoms with Crippen molar-refractivity contribution in [2.75, 3.05) is 0 Å². The lowest BCUT2D eigenvalue weighted by Crippen LogP contribution is -2.33. The Kier molecular flexibility index (Phi) is 5.76. The molecule has 0 aliphatic carbocycles. The maximum absolute atomic E-state index is 13.6. The van der Waals surface area contributed by atoms with Gasteiger partial charge in [0.1, 0.15) is 18.9 Å². The molecule has 0 bridgehead atoms. The van der Waals surface area contributed by atoms with Gasteiger partial charge in [0.2, 0.25) is 5.91 Å². The minimum Gasteiger partial charge on any atom is -0.350 e. The molecule has 2 heterocycles. The van der Waals surface area contributed by atoms with Crippen molar-refractivity contribution >= 4 is 5.91 Å². The number of aromatic nitrogens is 5. The van der Waals surface area contributed by atoms with Crippen LogP contribution < -0.4 is 11.0 Å². The van der Waals surface area contributed by atoms with E-state index in [1.54, 1.807) is 19.1 Å². The Morgan fingerprint density at radius 1 is 1.27 bits per heavy atom. The molecule has 3 rings (SSSR count). The zero-order chi connectivity index (χ0) is 22.1. The summed E-state index contributed by atoms with van der Waals surface area (Å²) in [5.41, 5.74) is 0.618. The zero-order valence-electron chi connectivity index (χ0n) is 16.1. The summed E-state index contributed by atoms with van der Waals surface area (Å²) in [7, 11) is 1.38. The van der Waals surface area contributed by atoms with Gasteiger partial charge in [0.15, 0.2) is 5.82 Å². The highest BCUT2D eigenvalue weighted by Crippen LogP contribution is 2.19. The number of amides is 1.